The number of rotatable bonds is 15. The molecule has 0 radical (unpaired) electrons. The maximum absolute atomic E-state index is 12.5. The monoisotopic (exact) mass is 539 g/mol. The van der Waals surface area contributed by atoms with Crippen molar-refractivity contribution in [1.82, 2.24) is 4.90 Å². The van der Waals surface area contributed by atoms with Crippen LogP contribution in [-0.4, -0.2) is 49.8 Å². The SMILES string of the molecule is C#CCCN1C(=O)CCC1/C=C(\[CH2][Sn]([CH2]CCC)([CH2]CCC)[CH2]CCC)[Si](C)(C)C. The molecule has 0 spiro atoms. The summed E-state index contributed by atoms with van der Waals surface area (Å²) in [6.45, 7) is 15.4. The Kier molecular flexibility index (Phi) is 13.0. The van der Waals surface area contributed by atoms with E-state index in [4.69, 9.17) is 6.42 Å². The van der Waals surface area contributed by atoms with Gasteiger partial charge in [0.15, 0.2) is 0 Å². The molecule has 1 aliphatic heterocycles. The van der Waals surface area contributed by atoms with Gasteiger partial charge >= 0.3 is 194 Å². The molecule has 0 N–H and O–H groups in total. The topological polar surface area (TPSA) is 20.3 Å². The molecular formula is C26H49NOSiSn. The number of hydrogen-bond acceptors (Lipinski definition) is 1. The number of hydrogen-bond donors (Lipinski definition) is 0. The van der Waals surface area contributed by atoms with Crippen LogP contribution in [0, 0.1) is 12.3 Å². The predicted octanol–water partition coefficient (Wildman–Crippen LogP) is 7.65. The van der Waals surface area contributed by atoms with E-state index in [0.717, 1.165) is 13.0 Å². The molecule has 0 aliphatic carbocycles. The van der Waals surface area contributed by atoms with Gasteiger partial charge in [-0.25, -0.2) is 0 Å². The summed E-state index contributed by atoms with van der Waals surface area (Å²) in [7, 11) is -1.43. The van der Waals surface area contributed by atoms with Crippen molar-refractivity contribution in [3.05, 3.63) is 11.3 Å². The normalized spacial score (nSPS) is 18.2. The molecule has 0 bridgehead atoms. The summed E-state index contributed by atoms with van der Waals surface area (Å²) in [5.74, 6) is 3.04. The third-order valence-corrected chi connectivity index (χ3v) is 25.6. The van der Waals surface area contributed by atoms with Gasteiger partial charge in [-0.1, -0.05) is 0 Å². The second kappa shape index (κ2) is 14.0. The van der Waals surface area contributed by atoms with E-state index in [-0.39, 0.29) is 0 Å². The van der Waals surface area contributed by atoms with Gasteiger partial charge in [-0.2, -0.15) is 0 Å². The number of likely N-dealkylation sites (tertiary alicyclic amines) is 1. The molecule has 1 fully saturated rings. The van der Waals surface area contributed by atoms with Crippen LogP contribution < -0.4 is 0 Å². The van der Waals surface area contributed by atoms with Crippen LogP contribution in [0.25, 0.3) is 0 Å². The van der Waals surface area contributed by atoms with Crippen molar-refractivity contribution in [3.63, 3.8) is 0 Å². The Labute approximate surface area is 193 Å². The first-order valence-corrected chi connectivity index (χ1v) is 24.2. The summed E-state index contributed by atoms with van der Waals surface area (Å²) >= 11 is -2.25. The summed E-state index contributed by atoms with van der Waals surface area (Å²) in [6.07, 6.45) is 18.7. The van der Waals surface area contributed by atoms with Crippen LogP contribution >= 0.6 is 0 Å². The third-order valence-electron chi connectivity index (χ3n) is 6.98. The number of carbonyl (C=O) groups is 1. The van der Waals surface area contributed by atoms with Crippen LogP contribution in [0.15, 0.2) is 11.3 Å². The molecule has 0 aromatic rings. The molecule has 1 saturated heterocycles. The first-order valence-electron chi connectivity index (χ1n) is 12.7. The van der Waals surface area contributed by atoms with Gasteiger partial charge in [0.1, 0.15) is 0 Å². The summed E-state index contributed by atoms with van der Waals surface area (Å²) in [4.78, 5) is 14.6. The van der Waals surface area contributed by atoms with Crippen molar-refractivity contribution >= 4 is 32.4 Å². The maximum atomic E-state index is 12.5. The van der Waals surface area contributed by atoms with Crippen LogP contribution in [-0.2, 0) is 4.79 Å². The number of unbranched alkanes of at least 4 members (excludes halogenated alkanes) is 3. The van der Waals surface area contributed by atoms with Gasteiger partial charge in [0.25, 0.3) is 0 Å². The zero-order valence-electron chi connectivity index (χ0n) is 21.0. The summed E-state index contributed by atoms with van der Waals surface area (Å²) in [6, 6.07) is 0.292. The molecule has 1 amide bonds. The molecule has 1 aliphatic rings. The molecule has 0 aromatic heterocycles. The average molecular weight is 538 g/mol. The fourth-order valence-electron chi connectivity index (χ4n) is 4.91. The van der Waals surface area contributed by atoms with Crippen LogP contribution in [0.3, 0.4) is 0 Å². The van der Waals surface area contributed by atoms with E-state index < -0.39 is 26.5 Å². The van der Waals surface area contributed by atoms with Crippen LogP contribution in [0.4, 0.5) is 0 Å². The standard InChI is InChI=1S/C14H22NOSi.3C4H9.Sn/c1-6-7-10-15-13(8-9-14(15)16)11-12(2)17(3,4)5;3*1-3-4-2;/h1,11,13H,2,7-10H2,3-5H3;3*1,3-4H2,2H3;/b12-11+;;;;. The zero-order valence-corrected chi connectivity index (χ0v) is 24.8. The molecular weight excluding hydrogens is 489 g/mol. The Morgan fingerprint density at radius 3 is 2.07 bits per heavy atom. The molecule has 1 rings (SSSR count). The fraction of sp³-hybridized carbons (Fsp3) is 0.808. The number of allylic oxidation sites excluding steroid dienone is 1. The van der Waals surface area contributed by atoms with E-state index in [1.54, 1.807) is 18.5 Å². The van der Waals surface area contributed by atoms with Gasteiger partial charge in [-0.15, -0.1) is 0 Å². The Morgan fingerprint density at radius 1 is 1.10 bits per heavy atom. The van der Waals surface area contributed by atoms with E-state index >= 15 is 0 Å². The Balaban J connectivity index is 3.23. The minimum atomic E-state index is -2.25. The average Bonchev–Trinajstić information content (AvgIpc) is 3.05. The van der Waals surface area contributed by atoms with Crippen molar-refractivity contribution in [2.75, 3.05) is 6.54 Å². The van der Waals surface area contributed by atoms with Gasteiger partial charge in [-0.05, 0) is 0 Å². The van der Waals surface area contributed by atoms with Crippen molar-refractivity contribution in [2.45, 2.75) is 122 Å². The Morgan fingerprint density at radius 2 is 1.63 bits per heavy atom. The number of terminal acetylenes is 1. The van der Waals surface area contributed by atoms with Gasteiger partial charge in [0.2, 0.25) is 0 Å². The van der Waals surface area contributed by atoms with Gasteiger partial charge < -0.3 is 0 Å². The first kappa shape index (κ1) is 27.8. The van der Waals surface area contributed by atoms with E-state index in [1.165, 1.54) is 43.0 Å². The summed E-state index contributed by atoms with van der Waals surface area (Å²) in [5, 5.41) is 1.78. The van der Waals surface area contributed by atoms with Gasteiger partial charge in [-0.3, -0.25) is 0 Å². The van der Waals surface area contributed by atoms with E-state index in [9.17, 15) is 4.79 Å². The van der Waals surface area contributed by atoms with Gasteiger partial charge in [0, 0.05) is 0 Å². The van der Waals surface area contributed by atoms with E-state index in [0.29, 0.717) is 24.8 Å². The zero-order chi connectivity index (χ0) is 22.6. The van der Waals surface area contributed by atoms with Crippen molar-refractivity contribution < 1.29 is 4.79 Å². The van der Waals surface area contributed by atoms with Crippen molar-refractivity contribution in [3.8, 4) is 12.3 Å². The molecule has 1 atom stereocenters. The third kappa shape index (κ3) is 9.11. The number of nitrogens with zero attached hydrogens (tertiary/aromatic N) is 1. The summed E-state index contributed by atoms with van der Waals surface area (Å²) < 4.78 is 6.16. The van der Waals surface area contributed by atoms with Crippen molar-refractivity contribution in [2.24, 2.45) is 0 Å². The number of amides is 1. The first-order chi connectivity index (χ1) is 14.2. The second-order valence-electron chi connectivity index (χ2n) is 10.6. The molecule has 1 unspecified atom stereocenters. The number of carbonyl (C=O) groups excluding carboxylic acids is 1. The Hall–Kier alpha value is -0.214. The molecule has 172 valence electrons. The predicted molar refractivity (Wildman–Crippen MR) is 139 cm³/mol. The van der Waals surface area contributed by atoms with Crippen LogP contribution in [0.2, 0.25) is 37.4 Å². The van der Waals surface area contributed by atoms with Gasteiger partial charge in [0.05, 0.1) is 0 Å². The van der Waals surface area contributed by atoms with E-state index in [2.05, 4.69) is 57.3 Å². The van der Waals surface area contributed by atoms with Crippen LogP contribution in [0.1, 0.15) is 78.6 Å². The van der Waals surface area contributed by atoms with E-state index in [1.807, 2.05) is 0 Å². The van der Waals surface area contributed by atoms with Crippen LogP contribution in [0.5, 0.6) is 0 Å². The molecule has 4 heteroatoms. The molecule has 0 aromatic carbocycles. The minimum absolute atomic E-state index is 0.292. The fourth-order valence-corrected chi connectivity index (χ4v) is 28.9. The molecule has 1 heterocycles. The Bertz CT molecular complexity index is 565. The molecule has 30 heavy (non-hydrogen) atoms. The molecule has 2 nitrogen and oxygen atoms in total. The van der Waals surface area contributed by atoms with Crippen molar-refractivity contribution in [1.29, 1.82) is 0 Å². The summed E-state index contributed by atoms with van der Waals surface area (Å²) in [5.41, 5.74) is 0. The molecule has 0 saturated carbocycles. The second-order valence-corrected chi connectivity index (χ2v) is 29.6. The quantitative estimate of drug-likeness (QED) is 0.155.